The van der Waals surface area contributed by atoms with Gasteiger partial charge >= 0.3 is 5.97 Å². The summed E-state index contributed by atoms with van der Waals surface area (Å²) in [6.07, 6.45) is 10.7. The Morgan fingerprint density at radius 1 is 1.12 bits per heavy atom. The van der Waals surface area contributed by atoms with Crippen molar-refractivity contribution in [3.8, 4) is 23.3 Å². The third kappa shape index (κ3) is 5.71. The number of carbonyl (C=O) groups excluding carboxylic acids is 1. The molecule has 0 unspecified atom stereocenters. The summed E-state index contributed by atoms with van der Waals surface area (Å²) < 4.78 is 11.2. The average Bonchev–Trinajstić information content (AvgIpc) is 2.80. The van der Waals surface area contributed by atoms with E-state index in [2.05, 4.69) is 49.7 Å². The number of fused-ring (bicyclic) bond motifs is 1. The smallest absolute Gasteiger partial charge is 0.308 e. The van der Waals surface area contributed by atoms with Crippen LogP contribution < -0.4 is 9.47 Å². The van der Waals surface area contributed by atoms with E-state index in [1.807, 2.05) is 0 Å². The largest absolute Gasteiger partial charge is 0.493 e. The van der Waals surface area contributed by atoms with Gasteiger partial charge in [-0.15, -0.1) is 0 Å². The van der Waals surface area contributed by atoms with Crippen molar-refractivity contribution in [2.75, 3.05) is 6.61 Å². The molecule has 0 saturated heterocycles. The third-order valence-electron chi connectivity index (χ3n) is 6.59. The minimum Gasteiger partial charge on any atom is -0.493 e. The first-order valence-electron chi connectivity index (χ1n) is 12.0. The van der Waals surface area contributed by atoms with Crippen LogP contribution in [0.15, 0.2) is 30.5 Å². The van der Waals surface area contributed by atoms with Crippen LogP contribution in [0.5, 0.6) is 11.5 Å². The van der Waals surface area contributed by atoms with Gasteiger partial charge in [0.15, 0.2) is 0 Å². The first-order chi connectivity index (χ1) is 15.5. The lowest BCUT2D eigenvalue weighted by atomic mass is 9.71. The molecule has 170 valence electrons. The standard InChI is InChI=1S/C28H35NO3/c1-5-8-9-10-11-22-19-27-26(28(6-2,7-3)16-17-31-27)18-23(22)12-13-24-14-15-25(20-29-24)32-21(4)30/h14-15,18-20H,5-11,16-17H2,1-4H3. The van der Waals surface area contributed by atoms with Gasteiger partial charge in [-0.3, -0.25) is 4.79 Å². The fourth-order valence-corrected chi connectivity index (χ4v) is 4.51. The van der Waals surface area contributed by atoms with Crippen molar-refractivity contribution in [3.05, 3.63) is 52.8 Å². The van der Waals surface area contributed by atoms with E-state index in [4.69, 9.17) is 9.47 Å². The molecular formula is C28H35NO3. The molecule has 0 atom stereocenters. The van der Waals surface area contributed by atoms with Crippen LogP contribution in [0.3, 0.4) is 0 Å². The fraction of sp³-hybridized carbons (Fsp3) is 0.500. The third-order valence-corrected chi connectivity index (χ3v) is 6.59. The Bertz CT molecular complexity index is 978. The van der Waals surface area contributed by atoms with Gasteiger partial charge < -0.3 is 9.47 Å². The molecular weight excluding hydrogens is 398 g/mol. The monoisotopic (exact) mass is 433 g/mol. The summed E-state index contributed by atoms with van der Waals surface area (Å²) >= 11 is 0. The second-order valence-corrected chi connectivity index (χ2v) is 8.62. The van der Waals surface area contributed by atoms with Gasteiger partial charge in [0.05, 0.1) is 12.8 Å². The van der Waals surface area contributed by atoms with Crippen LogP contribution in [0.25, 0.3) is 0 Å². The van der Waals surface area contributed by atoms with Crippen molar-refractivity contribution in [2.24, 2.45) is 0 Å². The molecule has 1 aromatic carbocycles. The highest BCUT2D eigenvalue weighted by Gasteiger charge is 2.35. The molecule has 0 aliphatic carbocycles. The number of unbranched alkanes of at least 4 members (excludes halogenated alkanes) is 3. The second-order valence-electron chi connectivity index (χ2n) is 8.62. The van der Waals surface area contributed by atoms with Crippen molar-refractivity contribution >= 4 is 5.97 Å². The number of pyridine rings is 1. The Balaban J connectivity index is 1.95. The van der Waals surface area contributed by atoms with Gasteiger partial charge in [-0.25, -0.2) is 4.98 Å². The second kappa shape index (κ2) is 11.2. The van der Waals surface area contributed by atoms with E-state index in [0.29, 0.717) is 11.4 Å². The van der Waals surface area contributed by atoms with Crippen LogP contribution in [0, 0.1) is 11.8 Å². The molecule has 0 fully saturated rings. The van der Waals surface area contributed by atoms with Gasteiger partial charge in [0, 0.05) is 23.5 Å². The van der Waals surface area contributed by atoms with E-state index in [1.165, 1.54) is 43.5 Å². The van der Waals surface area contributed by atoms with Crippen LogP contribution in [-0.2, 0) is 16.6 Å². The van der Waals surface area contributed by atoms with E-state index in [-0.39, 0.29) is 11.4 Å². The van der Waals surface area contributed by atoms with Crippen molar-refractivity contribution in [2.45, 2.75) is 84.5 Å². The molecule has 4 nitrogen and oxygen atoms in total. The maximum absolute atomic E-state index is 11.1. The lowest BCUT2D eigenvalue weighted by molar-refractivity contribution is -0.131. The number of aromatic nitrogens is 1. The Labute approximate surface area is 192 Å². The lowest BCUT2D eigenvalue weighted by Crippen LogP contribution is -2.32. The highest BCUT2D eigenvalue weighted by molar-refractivity contribution is 5.69. The zero-order valence-electron chi connectivity index (χ0n) is 19.9. The first-order valence-corrected chi connectivity index (χ1v) is 12.0. The van der Waals surface area contributed by atoms with Crippen LogP contribution in [0.1, 0.15) is 95.0 Å². The van der Waals surface area contributed by atoms with Crippen LogP contribution in [0.4, 0.5) is 0 Å². The molecule has 1 aliphatic rings. The molecule has 0 saturated carbocycles. The molecule has 1 aromatic heterocycles. The van der Waals surface area contributed by atoms with Crippen molar-refractivity contribution in [1.29, 1.82) is 0 Å². The highest BCUT2D eigenvalue weighted by Crippen LogP contribution is 2.44. The molecule has 0 N–H and O–H groups in total. The van der Waals surface area contributed by atoms with Crippen molar-refractivity contribution in [3.63, 3.8) is 0 Å². The lowest BCUT2D eigenvalue weighted by Gasteiger charge is -2.38. The zero-order chi connectivity index (χ0) is 23.0. The normalized spacial score (nSPS) is 14.0. The quantitative estimate of drug-likeness (QED) is 0.276. The zero-order valence-corrected chi connectivity index (χ0v) is 19.9. The maximum Gasteiger partial charge on any atom is 0.308 e. The van der Waals surface area contributed by atoms with Gasteiger partial charge in [0.2, 0.25) is 0 Å². The van der Waals surface area contributed by atoms with E-state index in [9.17, 15) is 4.79 Å². The topological polar surface area (TPSA) is 48.4 Å². The molecule has 3 rings (SSSR count). The first kappa shape index (κ1) is 23.9. The number of nitrogens with zero attached hydrogens (tertiary/aromatic N) is 1. The van der Waals surface area contributed by atoms with E-state index in [0.717, 1.165) is 50.0 Å². The molecule has 0 bridgehead atoms. The summed E-state index contributed by atoms with van der Waals surface area (Å²) in [5.74, 6) is 7.72. The Kier molecular flexibility index (Phi) is 8.33. The van der Waals surface area contributed by atoms with E-state index in [1.54, 1.807) is 12.1 Å². The number of hydrogen-bond acceptors (Lipinski definition) is 4. The molecule has 2 heterocycles. The molecule has 32 heavy (non-hydrogen) atoms. The van der Waals surface area contributed by atoms with Gasteiger partial charge in [0.1, 0.15) is 17.2 Å². The summed E-state index contributed by atoms with van der Waals surface area (Å²) in [7, 11) is 0. The summed E-state index contributed by atoms with van der Waals surface area (Å²) in [5.41, 5.74) is 4.45. The van der Waals surface area contributed by atoms with Crippen LogP contribution >= 0.6 is 0 Å². The van der Waals surface area contributed by atoms with E-state index >= 15 is 0 Å². The summed E-state index contributed by atoms with van der Waals surface area (Å²) in [5, 5.41) is 0. The number of rotatable bonds is 8. The average molecular weight is 434 g/mol. The van der Waals surface area contributed by atoms with Gasteiger partial charge in [-0.05, 0) is 67.9 Å². The summed E-state index contributed by atoms with van der Waals surface area (Å²) in [6.45, 7) is 8.95. The minimum absolute atomic E-state index is 0.161. The molecule has 0 amide bonds. The fourth-order valence-electron chi connectivity index (χ4n) is 4.51. The predicted molar refractivity (Wildman–Crippen MR) is 128 cm³/mol. The number of esters is 1. The Morgan fingerprint density at radius 3 is 2.59 bits per heavy atom. The molecule has 4 heteroatoms. The predicted octanol–water partition coefficient (Wildman–Crippen LogP) is 6.37. The van der Waals surface area contributed by atoms with E-state index < -0.39 is 0 Å². The Morgan fingerprint density at radius 2 is 1.94 bits per heavy atom. The Hall–Kier alpha value is -2.80. The number of carbonyl (C=O) groups is 1. The summed E-state index contributed by atoms with van der Waals surface area (Å²) in [4.78, 5) is 15.4. The highest BCUT2D eigenvalue weighted by atomic mass is 16.5. The minimum atomic E-state index is -0.357. The SMILES string of the molecule is CCCCCCc1cc2c(cc1C#Cc1ccc(OC(C)=O)cn1)C(CC)(CC)CCO2. The number of hydrogen-bond donors (Lipinski definition) is 0. The number of benzene rings is 1. The van der Waals surface area contributed by atoms with Crippen LogP contribution in [0.2, 0.25) is 0 Å². The van der Waals surface area contributed by atoms with Crippen molar-refractivity contribution in [1.82, 2.24) is 4.98 Å². The summed E-state index contributed by atoms with van der Waals surface area (Å²) in [6, 6.07) is 8.03. The maximum atomic E-state index is 11.1. The number of aryl methyl sites for hydroxylation is 1. The van der Waals surface area contributed by atoms with Crippen LogP contribution in [-0.4, -0.2) is 17.6 Å². The number of ether oxygens (including phenoxy) is 2. The van der Waals surface area contributed by atoms with Gasteiger partial charge in [0.25, 0.3) is 0 Å². The molecule has 0 radical (unpaired) electrons. The van der Waals surface area contributed by atoms with Crippen molar-refractivity contribution < 1.29 is 14.3 Å². The molecule has 0 spiro atoms. The van der Waals surface area contributed by atoms with Gasteiger partial charge in [-0.2, -0.15) is 0 Å². The van der Waals surface area contributed by atoms with Gasteiger partial charge in [-0.1, -0.05) is 46.0 Å². The molecule has 2 aromatic rings. The molecule has 1 aliphatic heterocycles.